The van der Waals surface area contributed by atoms with Gasteiger partial charge in [0.15, 0.2) is 0 Å². The average molecular weight is 370 g/mol. The highest BCUT2D eigenvalue weighted by Crippen LogP contribution is 2.37. The molecule has 0 atom stereocenters. The van der Waals surface area contributed by atoms with Gasteiger partial charge in [-0.05, 0) is 38.0 Å². The Morgan fingerprint density at radius 1 is 1.38 bits per heavy atom. The third kappa shape index (κ3) is 3.45. The van der Waals surface area contributed by atoms with E-state index in [0.29, 0.717) is 22.2 Å². The number of nitrogens with zero attached hydrogens (tertiary/aromatic N) is 3. The Morgan fingerprint density at radius 2 is 2.08 bits per heavy atom. The number of nitro benzene ring substituents is 1. The van der Waals surface area contributed by atoms with Gasteiger partial charge in [-0.3, -0.25) is 19.8 Å². The molecule has 1 amide bonds. The minimum Gasteiger partial charge on any atom is -0.312 e. The van der Waals surface area contributed by atoms with Gasteiger partial charge in [0.25, 0.3) is 11.6 Å². The molecule has 0 aliphatic carbocycles. The molecule has 1 aromatic carbocycles. The van der Waals surface area contributed by atoms with Gasteiger partial charge in [0.05, 0.1) is 10.5 Å². The number of nitrogens with one attached hydrogen (secondary N) is 1. The van der Waals surface area contributed by atoms with Gasteiger partial charge in [-0.1, -0.05) is 0 Å². The van der Waals surface area contributed by atoms with Crippen molar-refractivity contribution < 1.29 is 9.72 Å². The highest BCUT2D eigenvalue weighted by Gasteiger charge is 2.26. The number of thiophene rings is 1. The van der Waals surface area contributed by atoms with Gasteiger partial charge >= 0.3 is 0 Å². The lowest BCUT2D eigenvalue weighted by atomic mass is 10.0. The first-order chi connectivity index (χ1) is 12.4. The van der Waals surface area contributed by atoms with E-state index in [9.17, 15) is 20.2 Å². The number of fused-ring (bicyclic) bond motifs is 1. The summed E-state index contributed by atoms with van der Waals surface area (Å²) in [5.74, 6) is -0.379. The number of hydrogen-bond donors (Lipinski definition) is 1. The average Bonchev–Trinajstić information content (AvgIpc) is 2.97. The fourth-order valence-electron chi connectivity index (χ4n) is 2.98. The van der Waals surface area contributed by atoms with Crippen molar-refractivity contribution in [3.05, 3.63) is 55.9 Å². The van der Waals surface area contributed by atoms with E-state index in [4.69, 9.17) is 0 Å². The summed E-state index contributed by atoms with van der Waals surface area (Å²) >= 11 is 1.43. The number of amides is 1. The van der Waals surface area contributed by atoms with Crippen LogP contribution >= 0.6 is 11.3 Å². The second kappa shape index (κ2) is 7.23. The monoisotopic (exact) mass is 370 g/mol. The Labute approximate surface area is 155 Å². The van der Waals surface area contributed by atoms with E-state index in [1.807, 2.05) is 0 Å². The number of carbonyl (C=O) groups excluding carboxylic acids is 1. The summed E-state index contributed by atoms with van der Waals surface area (Å²) in [5, 5.41) is 23.6. The molecule has 0 unspecified atom stereocenters. The van der Waals surface area contributed by atoms with Crippen molar-refractivity contribution in [1.29, 1.82) is 5.26 Å². The van der Waals surface area contributed by atoms with E-state index in [1.54, 1.807) is 0 Å². The zero-order valence-corrected chi connectivity index (χ0v) is 15.3. The van der Waals surface area contributed by atoms with Crippen molar-refractivity contribution in [2.45, 2.75) is 32.9 Å². The molecule has 2 aromatic rings. The van der Waals surface area contributed by atoms with Gasteiger partial charge in [0.2, 0.25) is 0 Å². The van der Waals surface area contributed by atoms with Crippen molar-refractivity contribution in [3.8, 4) is 6.07 Å². The van der Waals surface area contributed by atoms with Crippen LogP contribution in [0.2, 0.25) is 0 Å². The highest BCUT2D eigenvalue weighted by atomic mass is 32.1. The predicted octanol–water partition coefficient (Wildman–Crippen LogP) is 3.55. The Kier molecular flexibility index (Phi) is 5.02. The number of nitro groups is 1. The summed E-state index contributed by atoms with van der Waals surface area (Å²) < 4.78 is 0. The molecule has 1 aromatic heterocycles. The second-order valence-electron chi connectivity index (χ2n) is 6.39. The van der Waals surface area contributed by atoms with Crippen LogP contribution in [0.3, 0.4) is 0 Å². The lowest BCUT2D eigenvalue weighted by Crippen LogP contribution is -2.35. The fraction of sp³-hybridized carbons (Fsp3) is 0.333. The van der Waals surface area contributed by atoms with Gasteiger partial charge in [0.1, 0.15) is 11.1 Å². The van der Waals surface area contributed by atoms with Crippen LogP contribution in [-0.4, -0.2) is 28.3 Å². The van der Waals surface area contributed by atoms with Gasteiger partial charge in [-0.25, -0.2) is 0 Å². The van der Waals surface area contributed by atoms with Crippen LogP contribution in [0, 0.1) is 21.4 Å². The van der Waals surface area contributed by atoms with Crippen LogP contribution in [0.25, 0.3) is 0 Å². The van der Waals surface area contributed by atoms with Crippen molar-refractivity contribution in [2.24, 2.45) is 0 Å². The summed E-state index contributed by atoms with van der Waals surface area (Å²) in [6.45, 7) is 5.95. The molecule has 0 fully saturated rings. The van der Waals surface area contributed by atoms with E-state index in [-0.39, 0.29) is 11.6 Å². The van der Waals surface area contributed by atoms with Gasteiger partial charge in [0, 0.05) is 41.7 Å². The quantitative estimate of drug-likeness (QED) is 0.655. The van der Waals surface area contributed by atoms with E-state index < -0.39 is 4.92 Å². The lowest BCUT2D eigenvalue weighted by Gasteiger charge is -2.30. The van der Waals surface area contributed by atoms with Crippen LogP contribution in [0.5, 0.6) is 0 Å². The predicted molar refractivity (Wildman–Crippen MR) is 99.3 cm³/mol. The maximum atomic E-state index is 12.5. The summed E-state index contributed by atoms with van der Waals surface area (Å²) in [4.78, 5) is 26.1. The molecular weight excluding hydrogens is 352 g/mol. The number of rotatable bonds is 4. The molecule has 0 saturated carbocycles. The van der Waals surface area contributed by atoms with E-state index in [1.165, 1.54) is 35.6 Å². The number of non-ortho nitro benzene ring substituents is 1. The third-order valence-electron chi connectivity index (χ3n) is 4.50. The molecule has 7 nitrogen and oxygen atoms in total. The Morgan fingerprint density at radius 3 is 2.65 bits per heavy atom. The summed E-state index contributed by atoms with van der Waals surface area (Å²) in [6, 6.07) is 8.05. The Hall–Kier alpha value is -2.76. The molecule has 26 heavy (non-hydrogen) atoms. The van der Waals surface area contributed by atoms with Crippen LogP contribution < -0.4 is 5.32 Å². The minimum atomic E-state index is -0.511. The normalized spacial score (nSPS) is 13.9. The van der Waals surface area contributed by atoms with Crippen molar-refractivity contribution in [1.82, 2.24) is 4.90 Å². The molecule has 0 bridgehead atoms. The first-order valence-electron chi connectivity index (χ1n) is 8.25. The van der Waals surface area contributed by atoms with Gasteiger partial charge in [-0.15, -0.1) is 11.3 Å². The molecule has 8 heteroatoms. The molecular formula is C18H18N4O3S. The second-order valence-corrected chi connectivity index (χ2v) is 7.50. The molecule has 0 spiro atoms. The fourth-order valence-corrected chi connectivity index (χ4v) is 4.20. The first-order valence-corrected chi connectivity index (χ1v) is 9.07. The maximum Gasteiger partial charge on any atom is 0.269 e. The van der Waals surface area contributed by atoms with Crippen molar-refractivity contribution in [2.75, 3.05) is 11.9 Å². The summed E-state index contributed by atoms with van der Waals surface area (Å²) in [7, 11) is 0. The van der Waals surface area contributed by atoms with E-state index >= 15 is 0 Å². The van der Waals surface area contributed by atoms with Crippen LogP contribution in [0.15, 0.2) is 24.3 Å². The maximum absolute atomic E-state index is 12.5. The Balaban J connectivity index is 1.83. The number of hydrogen-bond acceptors (Lipinski definition) is 6. The molecule has 1 aliphatic rings. The smallest absolute Gasteiger partial charge is 0.269 e. The number of carbonyl (C=O) groups is 1. The van der Waals surface area contributed by atoms with Crippen molar-refractivity contribution >= 4 is 27.9 Å². The van der Waals surface area contributed by atoms with Gasteiger partial charge < -0.3 is 5.32 Å². The Bertz CT molecular complexity index is 896. The minimum absolute atomic E-state index is 0.0698. The van der Waals surface area contributed by atoms with Crippen molar-refractivity contribution in [3.63, 3.8) is 0 Å². The molecule has 3 rings (SSSR count). The summed E-state index contributed by atoms with van der Waals surface area (Å²) in [6.07, 6.45) is 0.792. The number of nitriles is 1. The van der Waals surface area contributed by atoms with Crippen LogP contribution in [0.4, 0.5) is 10.7 Å². The third-order valence-corrected chi connectivity index (χ3v) is 5.63. The van der Waals surface area contributed by atoms with E-state index in [2.05, 4.69) is 30.1 Å². The first kappa shape index (κ1) is 18.0. The zero-order chi connectivity index (χ0) is 18.8. The SMILES string of the molecule is CC(C)N1CCc2c(sc(NC(=O)c3ccc([N+](=O)[O-])cc3)c2C#N)C1. The molecule has 0 saturated heterocycles. The van der Waals surface area contributed by atoms with Crippen LogP contribution in [0.1, 0.15) is 40.2 Å². The highest BCUT2D eigenvalue weighted by molar-refractivity contribution is 7.16. The van der Waals surface area contributed by atoms with Crippen LogP contribution in [-0.2, 0) is 13.0 Å². The summed E-state index contributed by atoms with van der Waals surface area (Å²) in [5.41, 5.74) is 1.80. The molecule has 2 heterocycles. The topological polar surface area (TPSA) is 99.3 Å². The number of benzene rings is 1. The number of anilines is 1. The van der Waals surface area contributed by atoms with Gasteiger partial charge in [-0.2, -0.15) is 5.26 Å². The largest absolute Gasteiger partial charge is 0.312 e. The molecule has 0 radical (unpaired) electrons. The zero-order valence-electron chi connectivity index (χ0n) is 14.5. The molecule has 1 aliphatic heterocycles. The molecule has 134 valence electrons. The van der Waals surface area contributed by atoms with E-state index in [0.717, 1.165) is 30.0 Å². The standard InChI is InChI=1S/C18H18N4O3S/c1-11(2)21-8-7-14-15(9-19)18(26-16(14)10-21)20-17(23)12-3-5-13(6-4-12)22(24)25/h3-6,11H,7-8,10H2,1-2H3,(H,20,23). The molecule has 1 N–H and O–H groups in total. The lowest BCUT2D eigenvalue weighted by molar-refractivity contribution is -0.384.